The first-order chi connectivity index (χ1) is 6.95. The third kappa shape index (κ3) is 3.55. The zero-order valence-electron chi connectivity index (χ0n) is 9.33. The average Bonchev–Trinajstić information content (AvgIpc) is 2.21. The second kappa shape index (κ2) is 5.05. The van der Waals surface area contributed by atoms with E-state index in [0.29, 0.717) is 6.42 Å². The molecule has 0 fully saturated rings. The Balaban J connectivity index is 2.66. The van der Waals surface area contributed by atoms with Crippen LogP contribution in [-0.4, -0.2) is 23.7 Å². The summed E-state index contributed by atoms with van der Waals surface area (Å²) in [6.07, 6.45) is 2.50. The van der Waals surface area contributed by atoms with Crippen molar-refractivity contribution in [3.8, 4) is 0 Å². The van der Waals surface area contributed by atoms with Crippen LogP contribution in [0.15, 0.2) is 22.8 Å². The minimum Gasteiger partial charge on any atom is -0.377 e. The Morgan fingerprint density at radius 3 is 2.67 bits per heavy atom. The molecule has 0 aliphatic rings. The van der Waals surface area contributed by atoms with Crippen LogP contribution in [0.3, 0.4) is 0 Å². The van der Waals surface area contributed by atoms with E-state index in [4.69, 9.17) is 10.5 Å². The maximum atomic E-state index is 6.06. The molecular weight excluding hydrogens is 256 g/mol. The van der Waals surface area contributed by atoms with Crippen LogP contribution in [-0.2, 0) is 11.2 Å². The van der Waals surface area contributed by atoms with Gasteiger partial charge in [0.2, 0.25) is 0 Å². The highest BCUT2D eigenvalue weighted by molar-refractivity contribution is 9.10. The fourth-order valence-electron chi connectivity index (χ4n) is 1.15. The first-order valence-corrected chi connectivity index (χ1v) is 5.66. The summed E-state index contributed by atoms with van der Waals surface area (Å²) in [5.74, 6) is 0. The maximum absolute atomic E-state index is 6.06. The van der Waals surface area contributed by atoms with Gasteiger partial charge in [0.15, 0.2) is 0 Å². The van der Waals surface area contributed by atoms with Gasteiger partial charge in [-0.25, -0.2) is 0 Å². The molecule has 15 heavy (non-hydrogen) atoms. The van der Waals surface area contributed by atoms with E-state index in [0.717, 1.165) is 10.2 Å². The molecule has 1 aromatic rings. The predicted molar refractivity (Wildman–Crippen MR) is 64.7 cm³/mol. The quantitative estimate of drug-likeness (QED) is 0.914. The normalized spacial score (nSPS) is 13.9. The summed E-state index contributed by atoms with van der Waals surface area (Å²) in [5.41, 5.74) is 6.71. The molecule has 0 saturated carbocycles. The van der Waals surface area contributed by atoms with Crippen LogP contribution in [0.1, 0.15) is 19.5 Å². The molecule has 1 atom stereocenters. The molecule has 0 saturated heterocycles. The van der Waals surface area contributed by atoms with Crippen LogP contribution in [0.25, 0.3) is 0 Å². The van der Waals surface area contributed by atoms with Crippen LogP contribution in [0.2, 0.25) is 0 Å². The topological polar surface area (TPSA) is 48.1 Å². The van der Waals surface area contributed by atoms with E-state index < -0.39 is 0 Å². The Labute approximate surface area is 99.2 Å². The van der Waals surface area contributed by atoms with E-state index in [1.807, 2.05) is 26.0 Å². The highest BCUT2D eigenvalue weighted by Crippen LogP contribution is 2.16. The minimum atomic E-state index is -0.325. The van der Waals surface area contributed by atoms with Gasteiger partial charge in [-0.3, -0.25) is 4.98 Å². The fraction of sp³-hybridized carbons (Fsp3) is 0.545. The monoisotopic (exact) mass is 272 g/mol. The molecule has 0 radical (unpaired) electrons. The van der Waals surface area contributed by atoms with Gasteiger partial charge >= 0.3 is 0 Å². The summed E-state index contributed by atoms with van der Waals surface area (Å²) in [5, 5.41) is 0. The van der Waals surface area contributed by atoms with E-state index in [-0.39, 0.29) is 11.6 Å². The van der Waals surface area contributed by atoms with E-state index in [1.54, 1.807) is 13.3 Å². The molecule has 4 heteroatoms. The van der Waals surface area contributed by atoms with Gasteiger partial charge in [-0.1, -0.05) is 0 Å². The lowest BCUT2D eigenvalue weighted by Crippen LogP contribution is -2.46. The molecule has 0 aliphatic heterocycles. The number of nitrogens with zero attached hydrogens (tertiary/aromatic N) is 1. The largest absolute Gasteiger partial charge is 0.377 e. The number of hydrogen-bond donors (Lipinski definition) is 1. The zero-order chi connectivity index (χ0) is 11.5. The van der Waals surface area contributed by atoms with Crippen LogP contribution < -0.4 is 5.73 Å². The van der Waals surface area contributed by atoms with Crippen LogP contribution in [0, 0.1) is 0 Å². The van der Waals surface area contributed by atoms with Crippen molar-refractivity contribution in [1.29, 1.82) is 0 Å². The van der Waals surface area contributed by atoms with Crippen molar-refractivity contribution in [3.63, 3.8) is 0 Å². The summed E-state index contributed by atoms with van der Waals surface area (Å²) in [7, 11) is 1.68. The first-order valence-electron chi connectivity index (χ1n) is 4.87. The van der Waals surface area contributed by atoms with E-state index in [9.17, 15) is 0 Å². The number of aromatic nitrogens is 1. The summed E-state index contributed by atoms with van der Waals surface area (Å²) < 4.78 is 6.31. The van der Waals surface area contributed by atoms with Gasteiger partial charge < -0.3 is 10.5 Å². The van der Waals surface area contributed by atoms with Gasteiger partial charge in [-0.2, -0.15) is 0 Å². The highest BCUT2D eigenvalue weighted by atomic mass is 79.9. The Morgan fingerprint density at radius 2 is 2.20 bits per heavy atom. The molecular formula is C11H17BrN2O. The number of ether oxygens (including phenoxy) is 1. The van der Waals surface area contributed by atoms with Gasteiger partial charge in [0.25, 0.3) is 0 Å². The van der Waals surface area contributed by atoms with E-state index >= 15 is 0 Å². The zero-order valence-corrected chi connectivity index (χ0v) is 10.9. The predicted octanol–water partition coefficient (Wildman–Crippen LogP) is 2.14. The molecule has 0 bridgehead atoms. The van der Waals surface area contributed by atoms with Crippen molar-refractivity contribution in [2.75, 3.05) is 7.11 Å². The summed E-state index contributed by atoms with van der Waals surface area (Å²) >= 11 is 3.35. The third-order valence-electron chi connectivity index (χ3n) is 2.64. The summed E-state index contributed by atoms with van der Waals surface area (Å²) in [4.78, 5) is 4.28. The molecule has 2 N–H and O–H groups in total. The molecule has 1 aromatic heterocycles. The van der Waals surface area contributed by atoms with E-state index in [1.165, 1.54) is 0 Å². The molecule has 0 spiro atoms. The van der Waals surface area contributed by atoms with Crippen molar-refractivity contribution in [3.05, 3.63) is 28.5 Å². The Hall–Kier alpha value is -0.450. The third-order valence-corrected chi connectivity index (χ3v) is 3.11. The fourth-order valence-corrected chi connectivity index (χ4v) is 1.38. The molecule has 0 aromatic carbocycles. The van der Waals surface area contributed by atoms with Crippen LogP contribution in [0.4, 0.5) is 0 Å². The standard InChI is InChI=1S/C11H17BrN2O/c1-11(2,15-3)10(13)6-9-5-4-8(12)7-14-9/h4-5,7,10H,6,13H2,1-3H3. The Kier molecular flexibility index (Phi) is 4.25. The Bertz CT molecular complexity index is 311. The van der Waals surface area contributed by atoms with Crippen molar-refractivity contribution in [2.45, 2.75) is 31.9 Å². The molecule has 1 rings (SSSR count). The maximum Gasteiger partial charge on any atom is 0.0776 e. The molecule has 0 amide bonds. The lowest BCUT2D eigenvalue weighted by atomic mass is 9.95. The average molecular weight is 273 g/mol. The molecule has 1 unspecified atom stereocenters. The number of rotatable bonds is 4. The van der Waals surface area contributed by atoms with Crippen molar-refractivity contribution in [1.82, 2.24) is 4.98 Å². The molecule has 0 aliphatic carbocycles. The van der Waals surface area contributed by atoms with Crippen LogP contribution >= 0.6 is 15.9 Å². The number of methoxy groups -OCH3 is 1. The second-order valence-corrected chi connectivity index (χ2v) is 5.00. The number of nitrogens with two attached hydrogens (primary N) is 1. The SMILES string of the molecule is COC(C)(C)C(N)Cc1ccc(Br)cn1. The lowest BCUT2D eigenvalue weighted by molar-refractivity contribution is 0.000579. The van der Waals surface area contributed by atoms with Gasteiger partial charge in [-0.15, -0.1) is 0 Å². The number of pyridine rings is 1. The number of halogens is 1. The van der Waals surface area contributed by atoms with Gasteiger partial charge in [-0.05, 0) is 41.9 Å². The van der Waals surface area contributed by atoms with Crippen LogP contribution in [0.5, 0.6) is 0 Å². The minimum absolute atomic E-state index is 0.0591. The number of hydrogen-bond acceptors (Lipinski definition) is 3. The van der Waals surface area contributed by atoms with Crippen molar-refractivity contribution >= 4 is 15.9 Å². The first kappa shape index (κ1) is 12.6. The molecule has 3 nitrogen and oxygen atoms in total. The van der Waals surface area contributed by atoms with Gasteiger partial charge in [0, 0.05) is 35.9 Å². The van der Waals surface area contributed by atoms with Crippen molar-refractivity contribution in [2.24, 2.45) is 5.73 Å². The van der Waals surface area contributed by atoms with Gasteiger partial charge in [0.1, 0.15) is 0 Å². The molecule has 84 valence electrons. The Morgan fingerprint density at radius 1 is 1.53 bits per heavy atom. The van der Waals surface area contributed by atoms with E-state index in [2.05, 4.69) is 20.9 Å². The lowest BCUT2D eigenvalue weighted by Gasteiger charge is -2.29. The second-order valence-electron chi connectivity index (χ2n) is 4.09. The summed E-state index contributed by atoms with van der Waals surface area (Å²) in [6, 6.07) is 3.88. The smallest absolute Gasteiger partial charge is 0.0776 e. The van der Waals surface area contributed by atoms with Gasteiger partial charge in [0.05, 0.1) is 5.60 Å². The van der Waals surface area contributed by atoms with Crippen molar-refractivity contribution < 1.29 is 4.74 Å². The molecule has 1 heterocycles. The highest BCUT2D eigenvalue weighted by Gasteiger charge is 2.26. The summed E-state index contributed by atoms with van der Waals surface area (Å²) in [6.45, 7) is 3.97.